The molecule has 0 fully saturated rings. The SMILES string of the molecule is COc1ccc(/C=C2\C(=O)N(c3ccccc3)N=C2c2ccccc2)cc1. The van der Waals surface area contributed by atoms with Crippen molar-refractivity contribution in [2.75, 3.05) is 12.1 Å². The van der Waals surface area contributed by atoms with Gasteiger partial charge in [-0.05, 0) is 35.9 Å². The second kappa shape index (κ2) is 7.30. The molecular formula is C23H18N2O2. The maximum atomic E-state index is 13.1. The van der Waals surface area contributed by atoms with Crippen molar-refractivity contribution in [2.45, 2.75) is 0 Å². The van der Waals surface area contributed by atoms with E-state index in [9.17, 15) is 4.79 Å². The molecule has 0 bridgehead atoms. The summed E-state index contributed by atoms with van der Waals surface area (Å²) in [5.41, 5.74) is 3.80. The molecule has 3 aromatic carbocycles. The van der Waals surface area contributed by atoms with Crippen molar-refractivity contribution in [1.82, 2.24) is 0 Å². The number of hydrazone groups is 1. The summed E-state index contributed by atoms with van der Waals surface area (Å²) < 4.78 is 5.21. The molecular weight excluding hydrogens is 336 g/mol. The summed E-state index contributed by atoms with van der Waals surface area (Å²) in [5, 5.41) is 6.08. The molecule has 1 aliphatic rings. The zero-order valence-electron chi connectivity index (χ0n) is 14.9. The highest BCUT2D eigenvalue weighted by atomic mass is 16.5. The number of carbonyl (C=O) groups excluding carboxylic acids is 1. The van der Waals surface area contributed by atoms with Crippen LogP contribution < -0.4 is 9.75 Å². The van der Waals surface area contributed by atoms with Gasteiger partial charge in [0, 0.05) is 5.56 Å². The standard InChI is InChI=1S/C23H18N2O2/c1-27-20-14-12-17(13-15-20)16-21-22(18-8-4-2-5-9-18)24-25(23(21)26)19-10-6-3-7-11-19/h2-16H,1H3/b21-16-. The quantitative estimate of drug-likeness (QED) is 0.646. The van der Waals surface area contributed by atoms with Crippen LogP contribution in [0.15, 0.2) is 95.6 Å². The molecule has 0 saturated carbocycles. The summed E-state index contributed by atoms with van der Waals surface area (Å²) in [7, 11) is 1.63. The van der Waals surface area contributed by atoms with E-state index in [0.717, 1.165) is 22.6 Å². The first-order valence-electron chi connectivity index (χ1n) is 8.66. The third-order valence-electron chi connectivity index (χ3n) is 4.35. The fraction of sp³-hybridized carbons (Fsp3) is 0.0435. The van der Waals surface area contributed by atoms with Gasteiger partial charge in [-0.25, -0.2) is 0 Å². The predicted octanol–water partition coefficient (Wildman–Crippen LogP) is 4.53. The molecule has 4 heteroatoms. The molecule has 0 N–H and O–H groups in total. The summed E-state index contributed by atoms with van der Waals surface area (Å²) in [5.74, 6) is 0.633. The van der Waals surface area contributed by atoms with E-state index < -0.39 is 0 Å². The molecule has 4 rings (SSSR count). The summed E-state index contributed by atoms with van der Waals surface area (Å²) in [6.45, 7) is 0. The van der Waals surface area contributed by atoms with Crippen molar-refractivity contribution in [3.8, 4) is 5.75 Å². The number of rotatable bonds is 4. The average molecular weight is 354 g/mol. The highest BCUT2D eigenvalue weighted by molar-refractivity contribution is 6.37. The van der Waals surface area contributed by atoms with E-state index in [1.165, 1.54) is 5.01 Å². The Labute approximate surface area is 158 Å². The van der Waals surface area contributed by atoms with Crippen LogP contribution in [0.4, 0.5) is 5.69 Å². The van der Waals surface area contributed by atoms with Crippen molar-refractivity contribution in [3.05, 3.63) is 102 Å². The molecule has 0 saturated heterocycles. The Hall–Kier alpha value is -3.66. The van der Waals surface area contributed by atoms with Crippen molar-refractivity contribution in [2.24, 2.45) is 5.10 Å². The van der Waals surface area contributed by atoms with Crippen LogP contribution in [0.3, 0.4) is 0 Å². The number of benzene rings is 3. The van der Waals surface area contributed by atoms with Crippen molar-refractivity contribution in [3.63, 3.8) is 0 Å². The Balaban J connectivity index is 1.79. The number of para-hydroxylation sites is 1. The van der Waals surface area contributed by atoms with Crippen molar-refractivity contribution < 1.29 is 9.53 Å². The molecule has 0 spiro atoms. The first-order chi connectivity index (χ1) is 13.3. The lowest BCUT2D eigenvalue weighted by Gasteiger charge is -2.10. The van der Waals surface area contributed by atoms with Gasteiger partial charge in [-0.1, -0.05) is 60.7 Å². The first kappa shape index (κ1) is 16.8. The summed E-state index contributed by atoms with van der Waals surface area (Å²) in [6.07, 6.45) is 1.87. The van der Waals surface area contributed by atoms with Crippen LogP contribution in [0.25, 0.3) is 6.08 Å². The number of carbonyl (C=O) groups is 1. The molecule has 1 aliphatic heterocycles. The van der Waals surface area contributed by atoms with Gasteiger partial charge < -0.3 is 4.74 Å². The van der Waals surface area contributed by atoms with Crippen LogP contribution in [-0.2, 0) is 4.79 Å². The van der Waals surface area contributed by atoms with Gasteiger partial charge in [0.05, 0.1) is 18.4 Å². The lowest BCUT2D eigenvalue weighted by molar-refractivity contribution is -0.114. The monoisotopic (exact) mass is 354 g/mol. The Morgan fingerprint density at radius 3 is 2.11 bits per heavy atom. The predicted molar refractivity (Wildman–Crippen MR) is 108 cm³/mol. The van der Waals surface area contributed by atoms with E-state index in [1.54, 1.807) is 7.11 Å². The second-order valence-electron chi connectivity index (χ2n) is 6.10. The smallest absolute Gasteiger partial charge is 0.281 e. The fourth-order valence-electron chi connectivity index (χ4n) is 2.97. The highest BCUT2D eigenvalue weighted by Crippen LogP contribution is 2.28. The second-order valence-corrected chi connectivity index (χ2v) is 6.10. The van der Waals surface area contributed by atoms with Crippen LogP contribution in [-0.4, -0.2) is 18.7 Å². The topological polar surface area (TPSA) is 41.9 Å². The molecule has 3 aromatic rings. The number of methoxy groups -OCH3 is 1. The van der Waals surface area contributed by atoms with Crippen LogP contribution in [0.5, 0.6) is 5.75 Å². The normalized spacial score (nSPS) is 15.1. The molecule has 0 aliphatic carbocycles. The van der Waals surface area contributed by atoms with Gasteiger partial charge in [-0.3, -0.25) is 4.79 Å². The zero-order valence-corrected chi connectivity index (χ0v) is 14.9. The lowest BCUT2D eigenvalue weighted by Crippen LogP contribution is -2.21. The van der Waals surface area contributed by atoms with Crippen LogP contribution in [0, 0.1) is 0 Å². The third-order valence-corrected chi connectivity index (χ3v) is 4.35. The maximum absolute atomic E-state index is 13.1. The van der Waals surface area contributed by atoms with Gasteiger partial charge in [0.25, 0.3) is 5.91 Å². The van der Waals surface area contributed by atoms with Crippen molar-refractivity contribution in [1.29, 1.82) is 0 Å². The Morgan fingerprint density at radius 2 is 1.48 bits per heavy atom. The summed E-state index contributed by atoms with van der Waals surface area (Å²) >= 11 is 0. The fourth-order valence-corrected chi connectivity index (χ4v) is 2.97. The van der Waals surface area contributed by atoms with Crippen LogP contribution in [0.1, 0.15) is 11.1 Å². The molecule has 27 heavy (non-hydrogen) atoms. The molecule has 4 nitrogen and oxygen atoms in total. The number of ether oxygens (including phenoxy) is 1. The van der Waals surface area contributed by atoms with E-state index in [-0.39, 0.29) is 5.91 Å². The van der Waals surface area contributed by atoms with Gasteiger partial charge >= 0.3 is 0 Å². The maximum Gasteiger partial charge on any atom is 0.281 e. The molecule has 1 amide bonds. The van der Waals surface area contributed by atoms with Crippen LogP contribution in [0.2, 0.25) is 0 Å². The third kappa shape index (κ3) is 3.37. The van der Waals surface area contributed by atoms with Gasteiger partial charge in [0.15, 0.2) is 0 Å². The number of anilines is 1. The van der Waals surface area contributed by atoms with Crippen LogP contribution >= 0.6 is 0 Å². The molecule has 0 aromatic heterocycles. The van der Waals surface area contributed by atoms with E-state index in [4.69, 9.17) is 4.74 Å². The molecule has 0 unspecified atom stereocenters. The van der Waals surface area contributed by atoms with E-state index >= 15 is 0 Å². The van der Waals surface area contributed by atoms with E-state index in [0.29, 0.717) is 11.3 Å². The minimum atomic E-state index is -0.143. The summed E-state index contributed by atoms with van der Waals surface area (Å²) in [6, 6.07) is 26.8. The molecule has 0 atom stereocenters. The molecule has 132 valence electrons. The lowest BCUT2D eigenvalue weighted by atomic mass is 10.0. The average Bonchev–Trinajstić information content (AvgIpc) is 3.06. The number of nitrogens with zero attached hydrogens (tertiary/aromatic N) is 2. The Kier molecular flexibility index (Phi) is 4.54. The Morgan fingerprint density at radius 1 is 0.852 bits per heavy atom. The number of amides is 1. The zero-order chi connectivity index (χ0) is 18.6. The van der Waals surface area contributed by atoms with Gasteiger partial charge in [0.2, 0.25) is 0 Å². The van der Waals surface area contributed by atoms with Crippen molar-refractivity contribution >= 4 is 23.4 Å². The summed E-state index contributed by atoms with van der Waals surface area (Å²) in [4.78, 5) is 13.1. The van der Waals surface area contributed by atoms with Gasteiger partial charge in [-0.15, -0.1) is 0 Å². The van der Waals surface area contributed by atoms with E-state index in [1.807, 2.05) is 91.0 Å². The minimum Gasteiger partial charge on any atom is -0.497 e. The Bertz CT molecular complexity index is 1010. The van der Waals surface area contributed by atoms with E-state index in [2.05, 4.69) is 5.10 Å². The molecule has 0 radical (unpaired) electrons. The minimum absolute atomic E-state index is 0.143. The molecule has 1 heterocycles. The largest absolute Gasteiger partial charge is 0.497 e. The van der Waals surface area contributed by atoms with Gasteiger partial charge in [0.1, 0.15) is 11.5 Å². The first-order valence-corrected chi connectivity index (χ1v) is 8.66. The number of hydrogen-bond acceptors (Lipinski definition) is 3. The number of hydrogen-bond donors (Lipinski definition) is 0. The highest BCUT2D eigenvalue weighted by Gasteiger charge is 2.31. The van der Waals surface area contributed by atoms with Gasteiger partial charge in [-0.2, -0.15) is 10.1 Å².